The SMILES string of the molecule is CCN1CCN(c2ccc(C(=O)/C=C/c3ccc(/C=C/C(=O)CO)nc3)cc2)CC1. The van der Waals surface area contributed by atoms with Crippen LogP contribution in [0.15, 0.2) is 54.7 Å². The van der Waals surface area contributed by atoms with Gasteiger partial charge in [-0.15, -0.1) is 0 Å². The molecule has 6 nitrogen and oxygen atoms in total. The third-order valence-electron chi connectivity index (χ3n) is 5.17. The molecule has 156 valence electrons. The summed E-state index contributed by atoms with van der Waals surface area (Å²) in [6, 6.07) is 11.3. The zero-order valence-corrected chi connectivity index (χ0v) is 17.2. The Hall–Kier alpha value is -3.09. The molecule has 1 aliphatic rings. The van der Waals surface area contributed by atoms with Crippen LogP contribution < -0.4 is 4.90 Å². The third-order valence-corrected chi connectivity index (χ3v) is 5.17. The minimum absolute atomic E-state index is 0.0603. The van der Waals surface area contributed by atoms with Crippen molar-refractivity contribution in [1.29, 1.82) is 0 Å². The second-order valence-corrected chi connectivity index (χ2v) is 7.14. The van der Waals surface area contributed by atoms with E-state index in [1.165, 1.54) is 12.2 Å². The van der Waals surface area contributed by atoms with Crippen molar-refractivity contribution in [1.82, 2.24) is 9.88 Å². The lowest BCUT2D eigenvalue weighted by atomic mass is 10.1. The summed E-state index contributed by atoms with van der Waals surface area (Å²) in [5.41, 5.74) is 3.20. The predicted octanol–water partition coefficient (Wildman–Crippen LogP) is 2.69. The van der Waals surface area contributed by atoms with Gasteiger partial charge in [0.05, 0.1) is 5.69 Å². The number of rotatable bonds is 8. The molecule has 1 N–H and O–H groups in total. The largest absolute Gasteiger partial charge is 0.388 e. The van der Waals surface area contributed by atoms with E-state index in [9.17, 15) is 9.59 Å². The van der Waals surface area contributed by atoms with Crippen LogP contribution in [0.2, 0.25) is 0 Å². The minimum Gasteiger partial charge on any atom is -0.388 e. The number of likely N-dealkylation sites (N-methyl/N-ethyl adjacent to an activating group) is 1. The maximum absolute atomic E-state index is 12.5. The average molecular weight is 405 g/mol. The van der Waals surface area contributed by atoms with Crippen molar-refractivity contribution in [3.8, 4) is 0 Å². The Morgan fingerprint density at radius 3 is 2.33 bits per heavy atom. The number of piperazine rings is 1. The maximum atomic E-state index is 12.5. The molecule has 2 heterocycles. The average Bonchev–Trinajstić information content (AvgIpc) is 2.81. The third kappa shape index (κ3) is 5.95. The van der Waals surface area contributed by atoms with E-state index in [1.54, 1.807) is 24.4 Å². The molecule has 0 spiro atoms. The van der Waals surface area contributed by atoms with Gasteiger partial charge in [-0.05, 0) is 66.7 Å². The number of benzene rings is 1. The Morgan fingerprint density at radius 2 is 1.73 bits per heavy atom. The van der Waals surface area contributed by atoms with E-state index >= 15 is 0 Å². The van der Waals surface area contributed by atoms with E-state index in [2.05, 4.69) is 21.7 Å². The molecular formula is C24H27N3O3. The molecule has 1 aromatic carbocycles. The molecular weight excluding hydrogens is 378 g/mol. The number of allylic oxidation sites excluding steroid dienone is 1. The molecule has 0 bridgehead atoms. The molecule has 0 radical (unpaired) electrons. The van der Waals surface area contributed by atoms with Crippen LogP contribution >= 0.6 is 0 Å². The van der Waals surface area contributed by atoms with Crippen LogP contribution in [0.3, 0.4) is 0 Å². The fraction of sp³-hybridized carbons (Fsp3) is 0.292. The standard InChI is InChI=1S/C24H27N3O3/c1-2-26-13-15-27(16-14-26)22-9-5-20(6-10-22)24(30)12-4-19-3-7-21(25-17-19)8-11-23(29)18-28/h3-12,17,28H,2,13-16,18H2,1H3/b11-8+,12-4+. The highest BCUT2D eigenvalue weighted by atomic mass is 16.3. The van der Waals surface area contributed by atoms with Gasteiger partial charge in [-0.2, -0.15) is 0 Å². The summed E-state index contributed by atoms with van der Waals surface area (Å²) in [6.07, 6.45) is 7.72. The summed E-state index contributed by atoms with van der Waals surface area (Å²) in [6.45, 7) is 6.91. The fourth-order valence-corrected chi connectivity index (χ4v) is 3.27. The van der Waals surface area contributed by atoms with Crippen LogP contribution in [0.5, 0.6) is 0 Å². The Labute approximate surface area is 177 Å². The molecule has 2 aromatic rings. The Balaban J connectivity index is 1.57. The number of aliphatic hydroxyl groups is 1. The first kappa shape index (κ1) is 21.6. The van der Waals surface area contributed by atoms with Gasteiger partial charge in [0.25, 0.3) is 0 Å². The van der Waals surface area contributed by atoms with Crippen molar-refractivity contribution in [3.63, 3.8) is 0 Å². The fourth-order valence-electron chi connectivity index (χ4n) is 3.27. The Morgan fingerprint density at radius 1 is 1.00 bits per heavy atom. The summed E-state index contributed by atoms with van der Waals surface area (Å²) in [5.74, 6) is -0.435. The first-order valence-electron chi connectivity index (χ1n) is 10.2. The summed E-state index contributed by atoms with van der Waals surface area (Å²) in [7, 11) is 0. The summed E-state index contributed by atoms with van der Waals surface area (Å²) < 4.78 is 0. The van der Waals surface area contributed by atoms with Gasteiger partial charge < -0.3 is 14.9 Å². The zero-order valence-electron chi connectivity index (χ0n) is 17.2. The number of anilines is 1. The molecule has 1 saturated heterocycles. The van der Waals surface area contributed by atoms with E-state index in [0.29, 0.717) is 11.3 Å². The number of hydrogen-bond donors (Lipinski definition) is 1. The summed E-state index contributed by atoms with van der Waals surface area (Å²) in [5, 5.41) is 8.71. The molecule has 30 heavy (non-hydrogen) atoms. The quantitative estimate of drug-likeness (QED) is 0.538. The van der Waals surface area contributed by atoms with Crippen molar-refractivity contribution < 1.29 is 14.7 Å². The van der Waals surface area contributed by atoms with E-state index in [4.69, 9.17) is 5.11 Å². The van der Waals surface area contributed by atoms with Gasteiger partial charge in [0.2, 0.25) is 0 Å². The van der Waals surface area contributed by atoms with Crippen LogP contribution in [-0.2, 0) is 4.79 Å². The molecule has 3 rings (SSSR count). The van der Waals surface area contributed by atoms with E-state index in [0.717, 1.165) is 44.0 Å². The lowest BCUT2D eigenvalue weighted by molar-refractivity contribution is -0.117. The Bertz CT molecular complexity index is 910. The molecule has 0 saturated carbocycles. The summed E-state index contributed by atoms with van der Waals surface area (Å²) >= 11 is 0. The zero-order chi connectivity index (χ0) is 21.3. The van der Waals surface area contributed by atoms with Gasteiger partial charge in [-0.1, -0.05) is 13.0 Å². The number of hydrogen-bond acceptors (Lipinski definition) is 6. The second kappa shape index (κ2) is 10.6. The van der Waals surface area contributed by atoms with Gasteiger partial charge in [-0.3, -0.25) is 14.6 Å². The summed E-state index contributed by atoms with van der Waals surface area (Å²) in [4.78, 5) is 32.6. The van der Waals surface area contributed by atoms with E-state index < -0.39 is 6.61 Å². The lowest BCUT2D eigenvalue weighted by Crippen LogP contribution is -2.46. The number of nitrogens with zero attached hydrogens (tertiary/aromatic N) is 3. The molecule has 0 atom stereocenters. The maximum Gasteiger partial charge on any atom is 0.185 e. The number of aromatic nitrogens is 1. The van der Waals surface area contributed by atoms with Crippen LogP contribution in [0.4, 0.5) is 5.69 Å². The highest BCUT2D eigenvalue weighted by Gasteiger charge is 2.15. The molecule has 1 aromatic heterocycles. The topological polar surface area (TPSA) is 73.7 Å². The van der Waals surface area contributed by atoms with Crippen LogP contribution in [0.1, 0.15) is 28.5 Å². The highest BCUT2D eigenvalue weighted by molar-refractivity contribution is 6.07. The van der Waals surface area contributed by atoms with Crippen LogP contribution in [-0.4, -0.2) is 65.9 Å². The normalized spacial score (nSPS) is 15.2. The molecule has 0 amide bonds. The first-order valence-corrected chi connectivity index (χ1v) is 10.2. The van der Waals surface area contributed by atoms with Crippen molar-refractivity contribution in [2.24, 2.45) is 0 Å². The number of aliphatic hydroxyl groups excluding tert-OH is 1. The van der Waals surface area contributed by atoms with E-state index in [-0.39, 0.29) is 11.6 Å². The molecule has 1 aliphatic heterocycles. The van der Waals surface area contributed by atoms with Gasteiger partial charge >= 0.3 is 0 Å². The number of pyridine rings is 1. The van der Waals surface area contributed by atoms with Crippen LogP contribution in [0.25, 0.3) is 12.2 Å². The number of carbonyl (C=O) groups is 2. The lowest BCUT2D eigenvalue weighted by Gasteiger charge is -2.35. The van der Waals surface area contributed by atoms with Crippen molar-refractivity contribution in [3.05, 3.63) is 71.6 Å². The van der Waals surface area contributed by atoms with Crippen molar-refractivity contribution in [2.75, 3.05) is 44.2 Å². The van der Waals surface area contributed by atoms with Gasteiger partial charge in [0, 0.05) is 43.6 Å². The van der Waals surface area contributed by atoms with Gasteiger partial charge in [-0.25, -0.2) is 0 Å². The smallest absolute Gasteiger partial charge is 0.185 e. The highest BCUT2D eigenvalue weighted by Crippen LogP contribution is 2.18. The monoisotopic (exact) mass is 405 g/mol. The van der Waals surface area contributed by atoms with Gasteiger partial charge in [0.1, 0.15) is 6.61 Å². The van der Waals surface area contributed by atoms with Crippen molar-refractivity contribution >= 4 is 29.4 Å². The second-order valence-electron chi connectivity index (χ2n) is 7.14. The first-order chi connectivity index (χ1) is 14.6. The molecule has 0 unspecified atom stereocenters. The minimum atomic E-state index is -0.518. The number of ketones is 2. The van der Waals surface area contributed by atoms with Crippen LogP contribution in [0, 0.1) is 0 Å². The molecule has 6 heteroatoms. The molecule has 0 aliphatic carbocycles. The Kier molecular flexibility index (Phi) is 7.65. The van der Waals surface area contributed by atoms with Gasteiger partial charge in [0.15, 0.2) is 11.6 Å². The van der Waals surface area contributed by atoms with Crippen molar-refractivity contribution in [2.45, 2.75) is 6.92 Å². The van der Waals surface area contributed by atoms with E-state index in [1.807, 2.05) is 30.3 Å². The number of carbonyl (C=O) groups excluding carboxylic acids is 2. The molecule has 1 fully saturated rings. The predicted molar refractivity (Wildman–Crippen MR) is 119 cm³/mol.